The summed E-state index contributed by atoms with van der Waals surface area (Å²) < 4.78 is 0. The van der Waals surface area contributed by atoms with E-state index in [1.807, 2.05) is 13.8 Å². The number of rotatable bonds is 7. The third-order valence-electron chi connectivity index (χ3n) is 3.17. The zero-order chi connectivity index (χ0) is 15.3. The summed E-state index contributed by atoms with van der Waals surface area (Å²) in [6.07, 6.45) is 0.845. The van der Waals surface area contributed by atoms with Gasteiger partial charge in [-0.3, -0.25) is 14.7 Å². The van der Waals surface area contributed by atoms with Crippen molar-refractivity contribution < 1.29 is 14.7 Å². The van der Waals surface area contributed by atoms with E-state index in [9.17, 15) is 9.59 Å². The van der Waals surface area contributed by atoms with Crippen LogP contribution in [0.3, 0.4) is 0 Å². The fourth-order valence-corrected chi connectivity index (χ4v) is 2.36. The van der Waals surface area contributed by atoms with E-state index in [-0.39, 0.29) is 18.2 Å². The van der Waals surface area contributed by atoms with E-state index in [1.54, 1.807) is 13.8 Å². The Labute approximate surface area is 119 Å². The van der Waals surface area contributed by atoms with Gasteiger partial charge in [-0.2, -0.15) is 5.10 Å². The van der Waals surface area contributed by atoms with E-state index in [0.717, 1.165) is 12.1 Å². The van der Waals surface area contributed by atoms with Crippen molar-refractivity contribution in [3.8, 4) is 0 Å². The van der Waals surface area contributed by atoms with Crippen LogP contribution in [0.4, 0.5) is 0 Å². The summed E-state index contributed by atoms with van der Waals surface area (Å²) in [5.41, 5.74) is 1.92. The second kappa shape index (κ2) is 7.07. The molecule has 0 saturated heterocycles. The highest BCUT2D eigenvalue weighted by atomic mass is 16.4. The Morgan fingerprint density at radius 1 is 1.35 bits per heavy atom. The first kappa shape index (κ1) is 16.2. The lowest BCUT2D eigenvalue weighted by atomic mass is 9.94. The maximum atomic E-state index is 12.1. The van der Waals surface area contributed by atoms with E-state index in [4.69, 9.17) is 5.11 Å². The molecule has 0 saturated carbocycles. The second-order valence-corrected chi connectivity index (χ2v) is 5.61. The Hall–Kier alpha value is -1.85. The maximum absolute atomic E-state index is 12.1. The molecule has 0 fully saturated rings. The summed E-state index contributed by atoms with van der Waals surface area (Å²) in [6.45, 7) is 8.01. The number of H-pyrrole nitrogens is 1. The van der Waals surface area contributed by atoms with Gasteiger partial charge in [0.05, 0.1) is 11.3 Å². The van der Waals surface area contributed by atoms with Crippen molar-refractivity contribution in [2.45, 2.75) is 40.5 Å². The number of aryl methyl sites for hydroxylation is 2. The third-order valence-corrected chi connectivity index (χ3v) is 3.17. The van der Waals surface area contributed by atoms with Gasteiger partial charge >= 0.3 is 5.97 Å². The van der Waals surface area contributed by atoms with Gasteiger partial charge in [0.1, 0.15) is 0 Å². The molecule has 0 aromatic carbocycles. The molecule has 0 spiro atoms. The summed E-state index contributed by atoms with van der Waals surface area (Å²) in [5.74, 6) is -0.689. The molecular weight excluding hydrogens is 258 g/mol. The monoisotopic (exact) mass is 281 g/mol. The summed E-state index contributed by atoms with van der Waals surface area (Å²) in [4.78, 5) is 23.0. The van der Waals surface area contributed by atoms with E-state index < -0.39 is 5.97 Å². The average molecular weight is 281 g/mol. The minimum Gasteiger partial charge on any atom is -0.481 e. The van der Waals surface area contributed by atoms with Gasteiger partial charge in [-0.25, -0.2) is 0 Å². The van der Waals surface area contributed by atoms with Crippen LogP contribution in [0.5, 0.6) is 0 Å². The first-order valence-electron chi connectivity index (χ1n) is 6.82. The van der Waals surface area contributed by atoms with E-state index in [0.29, 0.717) is 23.7 Å². The highest BCUT2D eigenvalue weighted by Crippen LogP contribution is 2.15. The molecule has 0 aliphatic carbocycles. The molecule has 1 rings (SSSR count). The fraction of sp³-hybridized carbons (Fsp3) is 0.643. The van der Waals surface area contributed by atoms with Crippen LogP contribution in [0, 0.1) is 25.7 Å². The van der Waals surface area contributed by atoms with Gasteiger partial charge in [0, 0.05) is 18.7 Å². The molecule has 3 N–H and O–H groups in total. The van der Waals surface area contributed by atoms with Crippen LogP contribution >= 0.6 is 0 Å². The number of carboxylic acid groups (broad SMARTS) is 1. The zero-order valence-corrected chi connectivity index (χ0v) is 12.5. The predicted octanol–water partition coefficient (Wildman–Crippen LogP) is 1.89. The van der Waals surface area contributed by atoms with Crippen LogP contribution in [0.2, 0.25) is 0 Å². The van der Waals surface area contributed by atoms with E-state index in [2.05, 4.69) is 15.5 Å². The molecular formula is C14H23N3O3. The highest BCUT2D eigenvalue weighted by Gasteiger charge is 2.19. The number of hydrogen-bond donors (Lipinski definition) is 3. The number of aliphatic carboxylic acids is 1. The van der Waals surface area contributed by atoms with Crippen LogP contribution in [0.25, 0.3) is 0 Å². The second-order valence-electron chi connectivity index (χ2n) is 5.61. The molecule has 0 bridgehead atoms. The van der Waals surface area contributed by atoms with Crippen molar-refractivity contribution in [2.24, 2.45) is 11.8 Å². The van der Waals surface area contributed by atoms with Gasteiger partial charge < -0.3 is 10.4 Å². The summed E-state index contributed by atoms with van der Waals surface area (Å²) in [5, 5.41) is 18.5. The quantitative estimate of drug-likeness (QED) is 0.711. The Kier molecular flexibility index (Phi) is 5.73. The Morgan fingerprint density at radius 2 is 2.00 bits per heavy atom. The molecule has 0 aliphatic rings. The fourth-order valence-electron chi connectivity index (χ4n) is 2.36. The topological polar surface area (TPSA) is 95.1 Å². The number of aromatic amines is 1. The summed E-state index contributed by atoms with van der Waals surface area (Å²) >= 11 is 0. The molecule has 1 aromatic rings. The van der Waals surface area contributed by atoms with Gasteiger partial charge in [0.15, 0.2) is 0 Å². The van der Waals surface area contributed by atoms with Crippen LogP contribution in [0.1, 0.15) is 48.4 Å². The average Bonchev–Trinajstić information content (AvgIpc) is 2.64. The van der Waals surface area contributed by atoms with Gasteiger partial charge in [-0.05, 0) is 32.1 Å². The normalized spacial score (nSPS) is 12.4. The number of carboxylic acids is 1. The number of aromatic nitrogens is 2. The van der Waals surface area contributed by atoms with Crippen molar-refractivity contribution in [2.75, 3.05) is 6.54 Å². The molecule has 1 amide bonds. The van der Waals surface area contributed by atoms with Crippen molar-refractivity contribution >= 4 is 11.9 Å². The van der Waals surface area contributed by atoms with Crippen molar-refractivity contribution in [3.63, 3.8) is 0 Å². The van der Waals surface area contributed by atoms with Gasteiger partial charge in [0.2, 0.25) is 0 Å². The Bertz CT molecular complexity index is 461. The molecule has 6 heteroatoms. The molecule has 0 aliphatic heterocycles. The summed E-state index contributed by atoms with van der Waals surface area (Å²) in [7, 11) is 0. The predicted molar refractivity (Wildman–Crippen MR) is 75.6 cm³/mol. The lowest BCUT2D eigenvalue weighted by molar-refractivity contribution is -0.138. The largest absolute Gasteiger partial charge is 0.481 e. The zero-order valence-electron chi connectivity index (χ0n) is 12.5. The molecule has 20 heavy (non-hydrogen) atoms. The number of hydrogen-bond acceptors (Lipinski definition) is 3. The number of amides is 1. The number of carbonyl (C=O) groups is 2. The van der Waals surface area contributed by atoms with Gasteiger partial charge in [-0.1, -0.05) is 13.8 Å². The van der Waals surface area contributed by atoms with Crippen molar-refractivity contribution in [3.05, 3.63) is 17.0 Å². The smallest absolute Gasteiger partial charge is 0.303 e. The first-order chi connectivity index (χ1) is 9.31. The number of nitrogens with one attached hydrogen (secondary N) is 2. The molecule has 112 valence electrons. The SMILES string of the molecule is Cc1n[nH]c(C)c1C(=O)NC[C@H](CC(=O)O)CC(C)C. The van der Waals surface area contributed by atoms with E-state index >= 15 is 0 Å². The van der Waals surface area contributed by atoms with Crippen LogP contribution in [-0.4, -0.2) is 33.7 Å². The lowest BCUT2D eigenvalue weighted by Gasteiger charge is -2.17. The molecule has 0 unspecified atom stereocenters. The minimum atomic E-state index is -0.833. The number of carbonyl (C=O) groups excluding carboxylic acids is 1. The van der Waals surface area contributed by atoms with Gasteiger partial charge in [-0.15, -0.1) is 0 Å². The lowest BCUT2D eigenvalue weighted by Crippen LogP contribution is -2.31. The van der Waals surface area contributed by atoms with Crippen LogP contribution in [-0.2, 0) is 4.79 Å². The van der Waals surface area contributed by atoms with Gasteiger partial charge in [0.25, 0.3) is 5.91 Å². The Balaban J connectivity index is 2.62. The maximum Gasteiger partial charge on any atom is 0.303 e. The molecule has 1 aromatic heterocycles. The Morgan fingerprint density at radius 3 is 2.45 bits per heavy atom. The third kappa shape index (κ3) is 4.68. The van der Waals surface area contributed by atoms with Crippen LogP contribution in [0.15, 0.2) is 0 Å². The van der Waals surface area contributed by atoms with Crippen LogP contribution < -0.4 is 5.32 Å². The molecule has 1 heterocycles. The van der Waals surface area contributed by atoms with E-state index in [1.165, 1.54) is 0 Å². The standard InChI is InChI=1S/C14H23N3O3/c1-8(2)5-11(6-12(18)19)7-15-14(20)13-9(3)16-17-10(13)4/h8,11H,5-7H2,1-4H3,(H,15,20)(H,16,17)(H,18,19)/t11-/m0/s1. The number of nitrogens with zero attached hydrogens (tertiary/aromatic N) is 1. The first-order valence-corrected chi connectivity index (χ1v) is 6.82. The molecule has 1 atom stereocenters. The minimum absolute atomic E-state index is 0.0519. The molecule has 6 nitrogen and oxygen atoms in total. The molecule has 0 radical (unpaired) electrons. The van der Waals surface area contributed by atoms with Crippen molar-refractivity contribution in [1.82, 2.24) is 15.5 Å². The van der Waals surface area contributed by atoms with Crippen molar-refractivity contribution in [1.29, 1.82) is 0 Å². The summed E-state index contributed by atoms with van der Waals surface area (Å²) in [6, 6.07) is 0. The highest BCUT2D eigenvalue weighted by molar-refractivity contribution is 5.96.